The van der Waals surface area contributed by atoms with Gasteiger partial charge in [-0.05, 0) is 6.42 Å². The van der Waals surface area contributed by atoms with E-state index < -0.39 is 28.4 Å². The molecule has 0 aliphatic rings. The van der Waals surface area contributed by atoms with Gasteiger partial charge in [0.25, 0.3) is 0 Å². The summed E-state index contributed by atoms with van der Waals surface area (Å²) in [7, 11) is -9.31. The zero-order valence-electron chi connectivity index (χ0n) is 8.01. The molecular weight excluding hydrogens is 250 g/mol. The zero-order valence-corrected chi connectivity index (χ0v) is 9.80. The molecule has 0 saturated heterocycles. The highest BCUT2D eigenvalue weighted by Crippen LogP contribution is 2.41. The fourth-order valence-electron chi connectivity index (χ4n) is 0.863. The molecule has 0 amide bonds. The molecule has 0 fully saturated rings. The molecule has 0 aromatic carbocycles. The Morgan fingerprint density at radius 3 is 2.00 bits per heavy atom. The minimum Gasteiger partial charge on any atom is -0.303 e. The highest BCUT2D eigenvalue weighted by atomic mass is 31.2. The third kappa shape index (κ3) is 10.5. The maximum absolute atomic E-state index is 10.5. The van der Waals surface area contributed by atoms with Crippen molar-refractivity contribution in [3.8, 4) is 0 Å². The molecule has 92 valence electrons. The van der Waals surface area contributed by atoms with Crippen LogP contribution in [0.4, 0.5) is 0 Å². The van der Waals surface area contributed by atoms with Crippen LogP contribution in [0.15, 0.2) is 0 Å². The summed E-state index contributed by atoms with van der Waals surface area (Å²) in [4.78, 5) is 33.7. The molecule has 0 spiro atoms. The summed E-state index contributed by atoms with van der Waals surface area (Å²) in [6.07, 6.45) is -0.274. The van der Waals surface area contributed by atoms with Gasteiger partial charge in [-0.2, -0.15) is 0 Å². The monoisotopic (exact) mass is 264 g/mol. The number of phosphoric ester groups is 2. The summed E-state index contributed by atoms with van der Waals surface area (Å²) in [5, 5.41) is 0. The first-order chi connectivity index (χ1) is 6.64. The van der Waals surface area contributed by atoms with Crippen molar-refractivity contribution in [3.63, 3.8) is 0 Å². The second-order valence-corrected chi connectivity index (χ2v) is 5.22. The lowest BCUT2D eigenvalue weighted by molar-refractivity contribution is 0.0681. The standard InChI is InChI=1S/C5H14O8P2/c1-2-3-5(13-15(9,10)11)4-12-14(6,7)8/h5H,2-4H2,1H3,(H2,6,7,8)(H2,9,10,11). The number of hydrogen-bond acceptors (Lipinski definition) is 4. The molecule has 0 aliphatic carbocycles. The fourth-order valence-corrected chi connectivity index (χ4v) is 1.78. The summed E-state index contributed by atoms with van der Waals surface area (Å²) in [6.45, 7) is 1.16. The third-order valence-corrected chi connectivity index (χ3v) is 2.38. The van der Waals surface area contributed by atoms with Gasteiger partial charge in [0, 0.05) is 0 Å². The molecule has 15 heavy (non-hydrogen) atoms. The Balaban J connectivity index is 4.17. The molecule has 0 saturated carbocycles. The SMILES string of the molecule is CCCC(COP(=O)(O)O)OP(=O)(O)O. The first-order valence-corrected chi connectivity index (χ1v) is 7.14. The highest BCUT2D eigenvalue weighted by Gasteiger charge is 2.24. The van der Waals surface area contributed by atoms with E-state index in [0.29, 0.717) is 6.42 Å². The van der Waals surface area contributed by atoms with Gasteiger partial charge in [0.05, 0.1) is 12.7 Å². The van der Waals surface area contributed by atoms with Crippen LogP contribution in [0, 0.1) is 0 Å². The van der Waals surface area contributed by atoms with Crippen molar-refractivity contribution in [1.29, 1.82) is 0 Å². The molecule has 10 heteroatoms. The van der Waals surface area contributed by atoms with Gasteiger partial charge in [0.2, 0.25) is 0 Å². The minimum absolute atomic E-state index is 0.227. The van der Waals surface area contributed by atoms with E-state index >= 15 is 0 Å². The third-order valence-electron chi connectivity index (χ3n) is 1.33. The van der Waals surface area contributed by atoms with Gasteiger partial charge in [-0.25, -0.2) is 9.13 Å². The molecule has 4 N–H and O–H groups in total. The van der Waals surface area contributed by atoms with Gasteiger partial charge in [0.15, 0.2) is 0 Å². The van der Waals surface area contributed by atoms with Crippen molar-refractivity contribution in [2.45, 2.75) is 25.9 Å². The molecule has 8 nitrogen and oxygen atoms in total. The smallest absolute Gasteiger partial charge is 0.303 e. The Morgan fingerprint density at radius 1 is 1.13 bits per heavy atom. The second-order valence-electron chi connectivity index (χ2n) is 2.79. The molecular formula is C5H14O8P2. The molecule has 1 atom stereocenters. The van der Waals surface area contributed by atoms with E-state index in [2.05, 4.69) is 9.05 Å². The van der Waals surface area contributed by atoms with Crippen LogP contribution in [0.5, 0.6) is 0 Å². The van der Waals surface area contributed by atoms with Gasteiger partial charge < -0.3 is 19.6 Å². The van der Waals surface area contributed by atoms with Crippen LogP contribution in [0.3, 0.4) is 0 Å². The fraction of sp³-hybridized carbons (Fsp3) is 1.00. The van der Waals surface area contributed by atoms with E-state index in [1.807, 2.05) is 0 Å². The Kier molecular flexibility index (Phi) is 6.17. The minimum atomic E-state index is -4.67. The predicted octanol–water partition coefficient (Wildman–Crippen LogP) is 0.374. The van der Waals surface area contributed by atoms with Gasteiger partial charge in [-0.3, -0.25) is 9.05 Å². The number of phosphoric acid groups is 2. The zero-order chi connectivity index (χ0) is 12.1. The number of rotatable bonds is 7. The van der Waals surface area contributed by atoms with Gasteiger partial charge in [-0.15, -0.1) is 0 Å². The van der Waals surface area contributed by atoms with Crippen LogP contribution in [-0.4, -0.2) is 32.3 Å². The topological polar surface area (TPSA) is 134 Å². The van der Waals surface area contributed by atoms with Crippen LogP contribution in [-0.2, 0) is 18.2 Å². The van der Waals surface area contributed by atoms with Crippen LogP contribution in [0.2, 0.25) is 0 Å². The molecule has 0 aromatic heterocycles. The van der Waals surface area contributed by atoms with E-state index in [-0.39, 0.29) is 6.42 Å². The van der Waals surface area contributed by atoms with E-state index in [4.69, 9.17) is 19.6 Å². The maximum Gasteiger partial charge on any atom is 0.469 e. The van der Waals surface area contributed by atoms with E-state index in [9.17, 15) is 9.13 Å². The van der Waals surface area contributed by atoms with Crippen molar-refractivity contribution in [3.05, 3.63) is 0 Å². The van der Waals surface area contributed by atoms with Gasteiger partial charge in [0.1, 0.15) is 0 Å². The molecule has 1 unspecified atom stereocenters. The molecule has 0 heterocycles. The van der Waals surface area contributed by atoms with Crippen molar-refractivity contribution >= 4 is 15.6 Å². The first kappa shape index (κ1) is 15.2. The molecule has 0 aliphatic heterocycles. The largest absolute Gasteiger partial charge is 0.469 e. The quantitative estimate of drug-likeness (QED) is 0.484. The van der Waals surface area contributed by atoms with Gasteiger partial charge >= 0.3 is 15.6 Å². The van der Waals surface area contributed by atoms with E-state index in [1.165, 1.54) is 0 Å². The molecule has 0 radical (unpaired) electrons. The van der Waals surface area contributed by atoms with Crippen molar-refractivity contribution < 1.29 is 37.8 Å². The van der Waals surface area contributed by atoms with Crippen molar-refractivity contribution in [1.82, 2.24) is 0 Å². The lowest BCUT2D eigenvalue weighted by atomic mass is 10.2. The summed E-state index contributed by atoms with van der Waals surface area (Å²) in [5.74, 6) is 0. The molecule has 0 aromatic rings. The summed E-state index contributed by atoms with van der Waals surface area (Å²) >= 11 is 0. The Bertz CT molecular complexity index is 266. The van der Waals surface area contributed by atoms with Crippen molar-refractivity contribution in [2.75, 3.05) is 6.61 Å². The van der Waals surface area contributed by atoms with E-state index in [0.717, 1.165) is 0 Å². The van der Waals surface area contributed by atoms with Crippen LogP contribution in [0.1, 0.15) is 19.8 Å². The van der Waals surface area contributed by atoms with Crippen molar-refractivity contribution in [2.24, 2.45) is 0 Å². The predicted molar refractivity (Wildman–Crippen MR) is 49.8 cm³/mol. The summed E-state index contributed by atoms with van der Waals surface area (Å²) in [5.41, 5.74) is 0. The van der Waals surface area contributed by atoms with Crippen LogP contribution in [0.25, 0.3) is 0 Å². The molecule has 0 bridgehead atoms. The normalized spacial score (nSPS) is 15.3. The molecule has 0 rings (SSSR count). The number of hydrogen-bond donors (Lipinski definition) is 4. The van der Waals surface area contributed by atoms with Crippen LogP contribution >= 0.6 is 15.6 Å². The average Bonchev–Trinajstić information content (AvgIpc) is 1.96. The maximum atomic E-state index is 10.5. The highest BCUT2D eigenvalue weighted by molar-refractivity contribution is 7.46. The van der Waals surface area contributed by atoms with E-state index in [1.54, 1.807) is 6.92 Å². The summed E-state index contributed by atoms with van der Waals surface area (Å²) < 4.78 is 29.2. The van der Waals surface area contributed by atoms with Crippen LogP contribution < -0.4 is 0 Å². The summed E-state index contributed by atoms with van der Waals surface area (Å²) in [6, 6.07) is 0. The van der Waals surface area contributed by atoms with Gasteiger partial charge in [-0.1, -0.05) is 13.3 Å². The Morgan fingerprint density at radius 2 is 1.67 bits per heavy atom. The first-order valence-electron chi connectivity index (χ1n) is 4.08. The average molecular weight is 264 g/mol. The Labute approximate surface area is 86.7 Å². The second kappa shape index (κ2) is 6.08. The lowest BCUT2D eigenvalue weighted by Gasteiger charge is -2.17. The lowest BCUT2D eigenvalue weighted by Crippen LogP contribution is -2.17. The Hall–Kier alpha value is 0.220.